The van der Waals surface area contributed by atoms with Gasteiger partial charge in [0, 0.05) is 6.04 Å². The Morgan fingerprint density at radius 3 is 2.52 bits per heavy atom. The lowest BCUT2D eigenvalue weighted by Gasteiger charge is -2.18. The zero-order chi connectivity index (χ0) is 15.1. The lowest BCUT2D eigenvalue weighted by Crippen LogP contribution is -2.28. The number of rotatable bonds is 7. The van der Waals surface area contributed by atoms with Gasteiger partial charge in [-0.05, 0) is 50.4 Å². The van der Waals surface area contributed by atoms with Crippen LogP contribution in [0, 0.1) is 6.92 Å². The van der Waals surface area contributed by atoms with Crippen LogP contribution in [0.1, 0.15) is 23.1 Å². The first-order valence-corrected chi connectivity index (χ1v) is 7.57. The van der Waals surface area contributed by atoms with Crippen molar-refractivity contribution in [2.75, 3.05) is 14.2 Å². The summed E-state index contributed by atoms with van der Waals surface area (Å²) in [5, 5.41) is 3.44. The van der Waals surface area contributed by atoms with Crippen molar-refractivity contribution in [3.8, 4) is 5.75 Å². The van der Waals surface area contributed by atoms with Crippen molar-refractivity contribution in [2.24, 2.45) is 0 Å². The van der Waals surface area contributed by atoms with Crippen LogP contribution in [0.5, 0.6) is 5.75 Å². The van der Waals surface area contributed by atoms with Gasteiger partial charge in [-0.1, -0.05) is 48.0 Å². The minimum absolute atomic E-state index is 0.459. The molecule has 0 radical (unpaired) electrons. The van der Waals surface area contributed by atoms with Crippen LogP contribution in [0.2, 0.25) is 0 Å². The lowest BCUT2D eigenvalue weighted by atomic mass is 9.97. The van der Waals surface area contributed by atoms with Crippen molar-refractivity contribution in [2.45, 2.75) is 32.2 Å². The van der Waals surface area contributed by atoms with Crippen LogP contribution in [-0.4, -0.2) is 20.2 Å². The summed E-state index contributed by atoms with van der Waals surface area (Å²) < 4.78 is 5.48. The van der Waals surface area contributed by atoms with Gasteiger partial charge < -0.3 is 10.1 Å². The summed E-state index contributed by atoms with van der Waals surface area (Å²) in [7, 11) is 3.78. The Morgan fingerprint density at radius 2 is 1.86 bits per heavy atom. The summed E-state index contributed by atoms with van der Waals surface area (Å²) in [4.78, 5) is 0. The van der Waals surface area contributed by atoms with Crippen molar-refractivity contribution in [3.63, 3.8) is 0 Å². The lowest BCUT2D eigenvalue weighted by molar-refractivity contribution is 0.404. The van der Waals surface area contributed by atoms with E-state index in [1.807, 2.05) is 7.05 Å². The summed E-state index contributed by atoms with van der Waals surface area (Å²) in [5.74, 6) is 0.987. The minimum Gasteiger partial charge on any atom is -0.496 e. The monoisotopic (exact) mass is 283 g/mol. The summed E-state index contributed by atoms with van der Waals surface area (Å²) in [6.07, 6.45) is 3.21. The molecule has 0 amide bonds. The Labute approximate surface area is 128 Å². The highest BCUT2D eigenvalue weighted by Gasteiger charge is 2.11. The molecule has 0 heterocycles. The zero-order valence-corrected chi connectivity index (χ0v) is 13.2. The second kappa shape index (κ2) is 7.84. The summed E-state index contributed by atoms with van der Waals surface area (Å²) in [6, 6.07) is 17.5. The molecule has 0 aliphatic rings. The molecular formula is C19H25NO. The predicted octanol–water partition coefficient (Wildman–Crippen LogP) is 3.77. The van der Waals surface area contributed by atoms with E-state index in [9.17, 15) is 0 Å². The van der Waals surface area contributed by atoms with Crippen LogP contribution in [0.4, 0.5) is 0 Å². The van der Waals surface area contributed by atoms with E-state index in [4.69, 9.17) is 4.74 Å². The highest BCUT2D eigenvalue weighted by molar-refractivity contribution is 5.37. The van der Waals surface area contributed by atoms with Gasteiger partial charge >= 0.3 is 0 Å². The molecule has 1 unspecified atom stereocenters. The third kappa shape index (κ3) is 4.61. The average Bonchev–Trinajstić information content (AvgIpc) is 2.52. The van der Waals surface area contributed by atoms with Crippen LogP contribution in [0.25, 0.3) is 0 Å². The normalized spacial score (nSPS) is 12.1. The van der Waals surface area contributed by atoms with Gasteiger partial charge in [0.15, 0.2) is 0 Å². The maximum absolute atomic E-state index is 5.48. The van der Waals surface area contributed by atoms with E-state index < -0.39 is 0 Å². The Bertz CT molecular complexity index is 551. The molecule has 2 nitrogen and oxygen atoms in total. The Morgan fingerprint density at radius 1 is 1.10 bits per heavy atom. The van der Waals surface area contributed by atoms with Gasteiger partial charge in [-0.15, -0.1) is 0 Å². The third-order valence-corrected chi connectivity index (χ3v) is 3.93. The molecule has 0 spiro atoms. The first-order valence-electron chi connectivity index (χ1n) is 7.57. The topological polar surface area (TPSA) is 21.3 Å². The number of hydrogen-bond donors (Lipinski definition) is 1. The summed E-state index contributed by atoms with van der Waals surface area (Å²) in [6.45, 7) is 2.13. The number of benzene rings is 2. The smallest absolute Gasteiger partial charge is 0.122 e. The van der Waals surface area contributed by atoms with Crippen LogP contribution in [0.15, 0.2) is 48.5 Å². The number of ether oxygens (including phenoxy) is 1. The fourth-order valence-corrected chi connectivity index (χ4v) is 2.67. The largest absolute Gasteiger partial charge is 0.496 e. The molecule has 0 saturated carbocycles. The fraction of sp³-hybridized carbons (Fsp3) is 0.368. The van der Waals surface area contributed by atoms with Gasteiger partial charge in [0.05, 0.1) is 7.11 Å². The van der Waals surface area contributed by atoms with E-state index in [0.29, 0.717) is 6.04 Å². The van der Waals surface area contributed by atoms with Gasteiger partial charge in [0.2, 0.25) is 0 Å². The molecule has 2 aromatic rings. The molecule has 2 rings (SSSR count). The predicted molar refractivity (Wildman–Crippen MR) is 89.0 cm³/mol. The highest BCUT2D eigenvalue weighted by Crippen LogP contribution is 2.22. The number of hydrogen-bond acceptors (Lipinski definition) is 2. The van der Waals surface area contributed by atoms with Crippen LogP contribution in [0.3, 0.4) is 0 Å². The van der Waals surface area contributed by atoms with Crippen molar-refractivity contribution in [3.05, 3.63) is 65.2 Å². The minimum atomic E-state index is 0.459. The Balaban J connectivity index is 2.00. The molecule has 21 heavy (non-hydrogen) atoms. The van der Waals surface area contributed by atoms with Crippen molar-refractivity contribution < 1.29 is 4.74 Å². The van der Waals surface area contributed by atoms with Crippen LogP contribution >= 0.6 is 0 Å². The molecule has 1 atom stereocenters. The molecular weight excluding hydrogens is 258 g/mol. The third-order valence-electron chi connectivity index (χ3n) is 3.93. The van der Waals surface area contributed by atoms with Crippen LogP contribution < -0.4 is 10.1 Å². The van der Waals surface area contributed by atoms with E-state index in [2.05, 4.69) is 60.8 Å². The van der Waals surface area contributed by atoms with Gasteiger partial charge in [-0.2, -0.15) is 0 Å². The van der Waals surface area contributed by atoms with Gasteiger partial charge in [-0.25, -0.2) is 0 Å². The van der Waals surface area contributed by atoms with E-state index in [-0.39, 0.29) is 0 Å². The molecule has 0 aromatic heterocycles. The SMILES string of the molecule is CNC(CCc1ccccc1)Cc1cc(C)ccc1OC. The standard InChI is InChI=1S/C19H25NO/c1-15-9-12-19(21-3)17(13-15)14-18(20-2)11-10-16-7-5-4-6-8-16/h4-9,12-13,18,20H,10-11,14H2,1-3H3. The van der Waals surface area contributed by atoms with Crippen molar-refractivity contribution in [1.82, 2.24) is 5.32 Å². The number of nitrogens with one attached hydrogen (secondary N) is 1. The van der Waals surface area contributed by atoms with E-state index >= 15 is 0 Å². The molecule has 0 saturated heterocycles. The second-order valence-corrected chi connectivity index (χ2v) is 5.53. The number of likely N-dealkylation sites (N-methyl/N-ethyl adjacent to an activating group) is 1. The van der Waals surface area contributed by atoms with Gasteiger partial charge in [-0.3, -0.25) is 0 Å². The molecule has 0 bridgehead atoms. The first kappa shape index (κ1) is 15.6. The molecule has 0 fully saturated rings. The van der Waals surface area contributed by atoms with Crippen molar-refractivity contribution in [1.29, 1.82) is 0 Å². The van der Waals surface area contributed by atoms with E-state index in [0.717, 1.165) is 25.0 Å². The second-order valence-electron chi connectivity index (χ2n) is 5.53. The molecule has 2 heteroatoms. The van der Waals surface area contributed by atoms with E-state index in [1.54, 1.807) is 7.11 Å². The summed E-state index contributed by atoms with van der Waals surface area (Å²) >= 11 is 0. The molecule has 0 aliphatic carbocycles. The highest BCUT2D eigenvalue weighted by atomic mass is 16.5. The Hall–Kier alpha value is -1.80. The number of aryl methyl sites for hydroxylation is 2. The quantitative estimate of drug-likeness (QED) is 0.835. The molecule has 112 valence electrons. The van der Waals surface area contributed by atoms with Gasteiger partial charge in [0.25, 0.3) is 0 Å². The molecule has 2 aromatic carbocycles. The van der Waals surface area contributed by atoms with Crippen LogP contribution in [-0.2, 0) is 12.8 Å². The average molecular weight is 283 g/mol. The first-order chi connectivity index (χ1) is 10.2. The molecule has 1 N–H and O–H groups in total. The Kier molecular flexibility index (Phi) is 5.82. The van der Waals surface area contributed by atoms with Gasteiger partial charge in [0.1, 0.15) is 5.75 Å². The van der Waals surface area contributed by atoms with Crippen molar-refractivity contribution >= 4 is 0 Å². The maximum atomic E-state index is 5.48. The number of methoxy groups -OCH3 is 1. The van der Waals surface area contributed by atoms with E-state index in [1.165, 1.54) is 16.7 Å². The fourth-order valence-electron chi connectivity index (χ4n) is 2.67. The maximum Gasteiger partial charge on any atom is 0.122 e. The zero-order valence-electron chi connectivity index (χ0n) is 13.2. The molecule has 0 aliphatic heterocycles. The summed E-state index contributed by atoms with van der Waals surface area (Å²) in [5.41, 5.74) is 3.96.